The zero-order valence-corrected chi connectivity index (χ0v) is 16.1. The van der Waals surface area contributed by atoms with Crippen molar-refractivity contribution in [3.63, 3.8) is 0 Å². The largest absolute Gasteiger partial charge is 0.497 e. The van der Waals surface area contributed by atoms with Crippen LogP contribution >= 0.6 is 0 Å². The molecular weight excluding hydrogens is 344 g/mol. The summed E-state index contributed by atoms with van der Waals surface area (Å²) >= 11 is 0. The standard InChI is InChI=1S/C21H30N2O4/c1-25-17-8-6-16(7-9-17)19(23-11-2-3-12-23)15-22-20(24)18-5-4-10-21(18)26-13-14-27-21/h6-9,18-19H,2-5,10-15H2,1H3,(H,22,24)/t18-,19+/m0/s1. The zero-order chi connectivity index (χ0) is 18.7. The van der Waals surface area contributed by atoms with Crippen LogP contribution in [0.4, 0.5) is 0 Å². The molecule has 6 heteroatoms. The summed E-state index contributed by atoms with van der Waals surface area (Å²) in [4.78, 5) is 15.4. The first-order chi connectivity index (χ1) is 13.2. The van der Waals surface area contributed by atoms with Crippen LogP contribution in [0.5, 0.6) is 5.75 Å². The summed E-state index contributed by atoms with van der Waals surface area (Å²) in [6, 6.07) is 8.38. The highest BCUT2D eigenvalue weighted by Crippen LogP contribution is 2.42. The van der Waals surface area contributed by atoms with Gasteiger partial charge in [-0.25, -0.2) is 0 Å². The minimum absolute atomic E-state index is 0.0621. The second-order valence-electron chi connectivity index (χ2n) is 7.73. The molecule has 0 aromatic heterocycles. The number of methoxy groups -OCH3 is 1. The van der Waals surface area contributed by atoms with Crippen molar-refractivity contribution in [2.75, 3.05) is 40.0 Å². The fraction of sp³-hybridized carbons (Fsp3) is 0.667. The zero-order valence-electron chi connectivity index (χ0n) is 16.1. The lowest BCUT2D eigenvalue weighted by Crippen LogP contribution is -2.46. The maximum absolute atomic E-state index is 12.9. The van der Waals surface area contributed by atoms with E-state index in [0.717, 1.165) is 38.1 Å². The van der Waals surface area contributed by atoms with Gasteiger partial charge in [0, 0.05) is 13.0 Å². The number of nitrogens with one attached hydrogen (secondary N) is 1. The van der Waals surface area contributed by atoms with Gasteiger partial charge in [-0.05, 0) is 56.5 Å². The number of nitrogens with zero attached hydrogens (tertiary/aromatic N) is 1. The highest BCUT2D eigenvalue weighted by molar-refractivity contribution is 5.80. The van der Waals surface area contributed by atoms with Gasteiger partial charge in [-0.1, -0.05) is 12.1 Å². The van der Waals surface area contributed by atoms with Crippen molar-refractivity contribution in [3.05, 3.63) is 29.8 Å². The van der Waals surface area contributed by atoms with E-state index in [-0.39, 0.29) is 17.9 Å². The lowest BCUT2D eigenvalue weighted by molar-refractivity contribution is -0.186. The Bertz CT molecular complexity index is 631. The molecule has 2 saturated heterocycles. The molecule has 148 valence electrons. The Hall–Kier alpha value is -1.63. The van der Waals surface area contributed by atoms with E-state index >= 15 is 0 Å². The summed E-state index contributed by atoms with van der Waals surface area (Å²) in [6.45, 7) is 3.94. The number of hydrogen-bond donors (Lipinski definition) is 1. The third-order valence-electron chi connectivity index (χ3n) is 6.19. The van der Waals surface area contributed by atoms with Crippen LogP contribution in [0, 0.1) is 5.92 Å². The van der Waals surface area contributed by atoms with E-state index in [1.165, 1.54) is 18.4 Å². The number of carbonyl (C=O) groups is 1. The highest BCUT2D eigenvalue weighted by atomic mass is 16.7. The Morgan fingerprint density at radius 1 is 1.22 bits per heavy atom. The lowest BCUT2D eigenvalue weighted by atomic mass is 10.0. The second kappa shape index (κ2) is 8.17. The van der Waals surface area contributed by atoms with Crippen molar-refractivity contribution >= 4 is 5.91 Å². The number of carbonyl (C=O) groups excluding carboxylic acids is 1. The van der Waals surface area contributed by atoms with Crippen LogP contribution in [0.15, 0.2) is 24.3 Å². The third kappa shape index (κ3) is 3.84. The summed E-state index contributed by atoms with van der Waals surface area (Å²) in [7, 11) is 1.68. The van der Waals surface area contributed by atoms with E-state index in [1.54, 1.807) is 7.11 Å². The molecule has 27 heavy (non-hydrogen) atoms. The third-order valence-corrected chi connectivity index (χ3v) is 6.19. The van der Waals surface area contributed by atoms with Crippen LogP contribution in [-0.4, -0.2) is 56.6 Å². The van der Waals surface area contributed by atoms with Crippen LogP contribution in [0.2, 0.25) is 0 Å². The van der Waals surface area contributed by atoms with Gasteiger partial charge in [0.1, 0.15) is 5.75 Å². The Balaban J connectivity index is 1.44. The van der Waals surface area contributed by atoms with E-state index in [1.807, 2.05) is 12.1 Å². The molecule has 0 radical (unpaired) electrons. The van der Waals surface area contributed by atoms with Crippen molar-refractivity contribution in [1.29, 1.82) is 0 Å². The number of hydrogen-bond acceptors (Lipinski definition) is 5. The minimum atomic E-state index is -0.673. The summed E-state index contributed by atoms with van der Waals surface area (Å²) < 4.78 is 17.0. The number of amides is 1. The quantitative estimate of drug-likeness (QED) is 0.829. The van der Waals surface area contributed by atoms with E-state index in [4.69, 9.17) is 14.2 Å². The molecule has 2 atom stereocenters. The topological polar surface area (TPSA) is 60.0 Å². The molecule has 1 spiro atoms. The Morgan fingerprint density at radius 3 is 2.59 bits per heavy atom. The van der Waals surface area contributed by atoms with Crippen molar-refractivity contribution < 1.29 is 19.0 Å². The van der Waals surface area contributed by atoms with Crippen molar-refractivity contribution in [2.45, 2.75) is 43.9 Å². The van der Waals surface area contributed by atoms with Crippen LogP contribution in [0.25, 0.3) is 0 Å². The first-order valence-corrected chi connectivity index (χ1v) is 10.2. The monoisotopic (exact) mass is 374 g/mol. The minimum Gasteiger partial charge on any atom is -0.497 e. The van der Waals surface area contributed by atoms with Crippen molar-refractivity contribution in [2.24, 2.45) is 5.92 Å². The van der Waals surface area contributed by atoms with Gasteiger partial charge in [0.05, 0.1) is 32.3 Å². The number of benzene rings is 1. The molecule has 0 unspecified atom stereocenters. The van der Waals surface area contributed by atoms with Gasteiger partial charge in [0.15, 0.2) is 5.79 Å². The molecule has 3 fully saturated rings. The molecule has 4 rings (SSSR count). The molecule has 1 saturated carbocycles. The van der Waals surface area contributed by atoms with Gasteiger partial charge in [-0.15, -0.1) is 0 Å². The maximum Gasteiger partial charge on any atom is 0.228 e. The van der Waals surface area contributed by atoms with E-state index < -0.39 is 5.79 Å². The molecule has 1 amide bonds. The summed E-state index contributed by atoms with van der Waals surface area (Å²) in [5.74, 6) is 0.0430. The van der Waals surface area contributed by atoms with Gasteiger partial charge < -0.3 is 19.5 Å². The van der Waals surface area contributed by atoms with Crippen LogP contribution in [0.3, 0.4) is 0 Å². The van der Waals surface area contributed by atoms with Crippen molar-refractivity contribution in [3.8, 4) is 5.75 Å². The number of likely N-dealkylation sites (tertiary alicyclic amines) is 1. The summed E-state index contributed by atoms with van der Waals surface area (Å²) in [5, 5.41) is 3.21. The molecule has 3 aliphatic rings. The molecule has 6 nitrogen and oxygen atoms in total. The molecule has 1 N–H and O–H groups in total. The summed E-state index contributed by atoms with van der Waals surface area (Å²) in [5.41, 5.74) is 1.22. The molecule has 0 bridgehead atoms. The first-order valence-electron chi connectivity index (χ1n) is 10.2. The van der Waals surface area contributed by atoms with E-state index in [0.29, 0.717) is 19.8 Å². The smallest absolute Gasteiger partial charge is 0.228 e. The molecule has 1 aromatic carbocycles. The molecular formula is C21H30N2O4. The Morgan fingerprint density at radius 2 is 1.93 bits per heavy atom. The second-order valence-corrected chi connectivity index (χ2v) is 7.73. The molecule has 2 aliphatic heterocycles. The summed E-state index contributed by atoms with van der Waals surface area (Å²) in [6.07, 6.45) is 5.07. The SMILES string of the molecule is COc1ccc([C@@H](CNC(=O)[C@@H]2CCCC23OCCO3)N2CCCC2)cc1. The van der Waals surface area contributed by atoms with Gasteiger partial charge in [-0.3, -0.25) is 9.69 Å². The lowest BCUT2D eigenvalue weighted by Gasteiger charge is -2.31. The van der Waals surface area contributed by atoms with E-state index in [2.05, 4.69) is 22.3 Å². The fourth-order valence-corrected chi connectivity index (χ4v) is 4.75. The van der Waals surface area contributed by atoms with Gasteiger partial charge in [-0.2, -0.15) is 0 Å². The number of ether oxygens (including phenoxy) is 3. The van der Waals surface area contributed by atoms with Crippen LogP contribution in [0.1, 0.15) is 43.7 Å². The van der Waals surface area contributed by atoms with Crippen molar-refractivity contribution in [1.82, 2.24) is 10.2 Å². The molecule has 2 heterocycles. The first kappa shape index (κ1) is 18.7. The fourth-order valence-electron chi connectivity index (χ4n) is 4.75. The normalized spacial score (nSPS) is 25.7. The Labute approximate surface area is 161 Å². The predicted molar refractivity (Wildman–Crippen MR) is 102 cm³/mol. The molecule has 1 aromatic rings. The Kier molecular flexibility index (Phi) is 5.66. The average Bonchev–Trinajstić information content (AvgIpc) is 3.46. The van der Waals surface area contributed by atoms with Gasteiger partial charge in [0.25, 0.3) is 0 Å². The van der Waals surface area contributed by atoms with Crippen LogP contribution < -0.4 is 10.1 Å². The highest BCUT2D eigenvalue weighted by Gasteiger charge is 2.51. The number of rotatable bonds is 6. The average molecular weight is 374 g/mol. The van der Waals surface area contributed by atoms with Gasteiger partial charge in [0.2, 0.25) is 5.91 Å². The predicted octanol–water partition coefficient (Wildman–Crippen LogP) is 2.49. The molecule has 1 aliphatic carbocycles. The van der Waals surface area contributed by atoms with Crippen LogP contribution in [-0.2, 0) is 14.3 Å². The van der Waals surface area contributed by atoms with E-state index in [9.17, 15) is 4.79 Å². The maximum atomic E-state index is 12.9. The van der Waals surface area contributed by atoms with Gasteiger partial charge >= 0.3 is 0 Å².